The zero-order valence-electron chi connectivity index (χ0n) is 8.14. The van der Waals surface area contributed by atoms with E-state index in [1.54, 1.807) is 6.92 Å². The number of hydrogen-bond acceptors (Lipinski definition) is 5. The molecule has 0 saturated carbocycles. The van der Waals surface area contributed by atoms with E-state index >= 15 is 0 Å². The van der Waals surface area contributed by atoms with Crippen LogP contribution in [0.15, 0.2) is 5.38 Å². The van der Waals surface area contributed by atoms with E-state index in [0.717, 1.165) is 5.69 Å². The first kappa shape index (κ1) is 11.2. The van der Waals surface area contributed by atoms with Crippen LogP contribution in [0.3, 0.4) is 0 Å². The molecule has 0 aliphatic carbocycles. The molecule has 0 amide bonds. The average Bonchev–Trinajstić information content (AvgIpc) is 2.48. The number of nitrogens with zero attached hydrogens (tertiary/aromatic N) is 1. The van der Waals surface area contributed by atoms with Crippen molar-refractivity contribution >= 4 is 29.5 Å². The molecule has 6 heteroatoms. The zero-order valence-corrected chi connectivity index (χ0v) is 9.78. The van der Waals surface area contributed by atoms with Gasteiger partial charge >= 0.3 is 5.97 Å². The molecule has 0 saturated heterocycles. The predicted molar refractivity (Wildman–Crippen MR) is 55.9 cm³/mol. The van der Waals surface area contributed by atoms with E-state index in [1.165, 1.54) is 23.2 Å². The lowest BCUT2D eigenvalue weighted by Gasteiger charge is -2.13. The highest BCUT2D eigenvalue weighted by atomic mass is 32.1. The molecule has 1 atom stereocenters. The smallest absolute Gasteiger partial charge is 0.349 e. The van der Waals surface area contributed by atoms with Gasteiger partial charge in [0.25, 0.3) is 0 Å². The Hall–Kier alpha value is -0.880. The molecule has 0 aliphatic heterocycles. The van der Waals surface area contributed by atoms with Crippen LogP contribution in [0.4, 0.5) is 0 Å². The van der Waals surface area contributed by atoms with Gasteiger partial charge in [0.1, 0.15) is 0 Å². The van der Waals surface area contributed by atoms with Crippen molar-refractivity contribution in [3.8, 4) is 0 Å². The van der Waals surface area contributed by atoms with Gasteiger partial charge < -0.3 is 9.57 Å². The quantitative estimate of drug-likeness (QED) is 0.587. The standard InChI is InChI=1S/C8H11NO3S2/c1-5-4-14-8(13)9(5)12-6(2)7(10)11-3/h4,6H,1-3H3. The highest BCUT2D eigenvalue weighted by Gasteiger charge is 2.16. The van der Waals surface area contributed by atoms with Crippen LogP contribution < -0.4 is 4.84 Å². The van der Waals surface area contributed by atoms with E-state index in [-0.39, 0.29) is 0 Å². The average molecular weight is 233 g/mol. The number of rotatable bonds is 3. The number of thiazole rings is 1. The Labute approximate surface area is 91.0 Å². The molecule has 0 radical (unpaired) electrons. The normalized spacial score (nSPS) is 12.2. The first-order valence-corrected chi connectivity index (χ1v) is 5.27. The van der Waals surface area contributed by atoms with Crippen LogP contribution in [0, 0.1) is 10.9 Å². The summed E-state index contributed by atoms with van der Waals surface area (Å²) in [5.74, 6) is -0.419. The number of aromatic nitrogens is 1. The minimum Gasteiger partial charge on any atom is -0.466 e. The maximum Gasteiger partial charge on any atom is 0.349 e. The number of methoxy groups -OCH3 is 1. The number of hydrogen-bond donors (Lipinski definition) is 0. The van der Waals surface area contributed by atoms with Crippen molar-refractivity contribution in [1.29, 1.82) is 0 Å². The van der Waals surface area contributed by atoms with Gasteiger partial charge in [0.05, 0.1) is 12.8 Å². The summed E-state index contributed by atoms with van der Waals surface area (Å²) in [5.41, 5.74) is 0.871. The van der Waals surface area contributed by atoms with E-state index < -0.39 is 12.1 Å². The monoisotopic (exact) mass is 233 g/mol. The second-order valence-electron chi connectivity index (χ2n) is 2.71. The first-order chi connectivity index (χ1) is 6.56. The number of ether oxygens (including phenoxy) is 1. The van der Waals surface area contributed by atoms with Crippen LogP contribution in [-0.4, -0.2) is 23.9 Å². The predicted octanol–water partition coefficient (Wildman–Crippen LogP) is 1.58. The van der Waals surface area contributed by atoms with Gasteiger partial charge in [-0.1, -0.05) is 0 Å². The van der Waals surface area contributed by atoms with Crippen molar-refractivity contribution in [2.75, 3.05) is 7.11 Å². The molecular formula is C8H11NO3S2. The number of aryl methyl sites for hydroxylation is 1. The Balaban J connectivity index is 2.79. The van der Waals surface area contributed by atoms with Crippen molar-refractivity contribution in [3.63, 3.8) is 0 Å². The van der Waals surface area contributed by atoms with Crippen LogP contribution in [0.1, 0.15) is 12.6 Å². The Kier molecular flexibility index (Phi) is 3.65. The number of carbonyl (C=O) groups is 1. The second-order valence-corrected chi connectivity index (χ2v) is 4.21. The van der Waals surface area contributed by atoms with Crippen LogP contribution in [-0.2, 0) is 9.53 Å². The van der Waals surface area contributed by atoms with E-state index in [1.807, 2.05) is 12.3 Å². The molecule has 4 nitrogen and oxygen atoms in total. The van der Waals surface area contributed by atoms with Gasteiger partial charge in [-0.15, -0.1) is 11.3 Å². The molecule has 1 aromatic rings. The minimum atomic E-state index is -0.653. The van der Waals surface area contributed by atoms with E-state index in [4.69, 9.17) is 17.1 Å². The van der Waals surface area contributed by atoms with E-state index in [0.29, 0.717) is 3.95 Å². The van der Waals surface area contributed by atoms with Crippen LogP contribution in [0.2, 0.25) is 0 Å². The molecule has 0 fully saturated rings. The fraction of sp³-hybridized carbons (Fsp3) is 0.500. The van der Waals surface area contributed by atoms with Crippen molar-refractivity contribution in [3.05, 3.63) is 15.0 Å². The first-order valence-electron chi connectivity index (χ1n) is 3.98. The van der Waals surface area contributed by atoms with Crippen LogP contribution in [0.25, 0.3) is 0 Å². The second kappa shape index (κ2) is 4.56. The van der Waals surface area contributed by atoms with Gasteiger partial charge in [0.15, 0.2) is 3.95 Å². The van der Waals surface area contributed by atoms with Crippen LogP contribution in [0.5, 0.6) is 0 Å². The summed E-state index contributed by atoms with van der Waals surface area (Å²) >= 11 is 6.41. The zero-order chi connectivity index (χ0) is 10.7. The lowest BCUT2D eigenvalue weighted by molar-refractivity contribution is -0.153. The molecular weight excluding hydrogens is 222 g/mol. The summed E-state index contributed by atoms with van der Waals surface area (Å²) in [5, 5.41) is 1.87. The highest BCUT2D eigenvalue weighted by molar-refractivity contribution is 7.73. The van der Waals surface area contributed by atoms with Gasteiger partial charge in [-0.05, 0) is 26.1 Å². The molecule has 78 valence electrons. The summed E-state index contributed by atoms with van der Waals surface area (Å²) in [6.07, 6.45) is -0.653. The Morgan fingerprint density at radius 3 is 2.79 bits per heavy atom. The summed E-state index contributed by atoms with van der Waals surface area (Å²) in [6.45, 7) is 3.47. The third kappa shape index (κ3) is 2.33. The molecule has 1 rings (SSSR count). The SMILES string of the molecule is COC(=O)C(C)On1c(C)csc1=S. The van der Waals surface area contributed by atoms with Crippen molar-refractivity contribution in [2.24, 2.45) is 0 Å². The Morgan fingerprint density at radius 1 is 1.71 bits per heavy atom. The Morgan fingerprint density at radius 2 is 2.36 bits per heavy atom. The highest BCUT2D eigenvalue weighted by Crippen LogP contribution is 2.08. The van der Waals surface area contributed by atoms with Gasteiger partial charge in [-0.3, -0.25) is 0 Å². The summed E-state index contributed by atoms with van der Waals surface area (Å²) in [6, 6.07) is 0. The maximum atomic E-state index is 11.1. The van der Waals surface area contributed by atoms with Crippen molar-refractivity contribution in [2.45, 2.75) is 20.0 Å². The fourth-order valence-electron chi connectivity index (χ4n) is 0.869. The maximum absolute atomic E-state index is 11.1. The largest absolute Gasteiger partial charge is 0.466 e. The molecule has 0 aromatic carbocycles. The van der Waals surface area contributed by atoms with Gasteiger partial charge in [0.2, 0.25) is 6.10 Å². The number of esters is 1. The molecule has 1 aromatic heterocycles. The van der Waals surface area contributed by atoms with E-state index in [2.05, 4.69) is 4.74 Å². The molecule has 1 unspecified atom stereocenters. The fourth-order valence-corrected chi connectivity index (χ4v) is 1.85. The third-order valence-electron chi connectivity index (χ3n) is 1.61. The van der Waals surface area contributed by atoms with Crippen molar-refractivity contribution in [1.82, 2.24) is 4.73 Å². The molecule has 0 bridgehead atoms. The van der Waals surface area contributed by atoms with Gasteiger partial charge in [-0.2, -0.15) is 4.73 Å². The summed E-state index contributed by atoms with van der Waals surface area (Å²) in [4.78, 5) is 16.4. The summed E-state index contributed by atoms with van der Waals surface area (Å²) in [7, 11) is 1.32. The molecule has 0 aliphatic rings. The molecule has 0 N–H and O–H groups in total. The lowest BCUT2D eigenvalue weighted by atomic mass is 10.4. The molecule has 1 heterocycles. The topological polar surface area (TPSA) is 40.5 Å². The lowest BCUT2D eigenvalue weighted by Crippen LogP contribution is -2.31. The third-order valence-corrected chi connectivity index (χ3v) is 2.89. The minimum absolute atomic E-state index is 0.419. The molecule has 14 heavy (non-hydrogen) atoms. The van der Waals surface area contributed by atoms with Crippen LogP contribution >= 0.6 is 23.6 Å². The molecule has 0 spiro atoms. The Bertz CT molecular complexity index is 382. The summed E-state index contributed by atoms with van der Waals surface area (Å²) < 4.78 is 6.57. The van der Waals surface area contributed by atoms with Crippen molar-refractivity contribution < 1.29 is 14.4 Å². The number of carbonyl (C=O) groups excluding carboxylic acids is 1. The van der Waals surface area contributed by atoms with Gasteiger partial charge in [-0.25, -0.2) is 4.79 Å². The van der Waals surface area contributed by atoms with Gasteiger partial charge in [0, 0.05) is 5.38 Å². The van der Waals surface area contributed by atoms with E-state index in [9.17, 15) is 4.79 Å².